The van der Waals surface area contributed by atoms with Gasteiger partial charge in [0.1, 0.15) is 0 Å². The maximum Gasteiger partial charge on any atom is 0.634 e. The Labute approximate surface area is 80.6 Å². The average Bonchev–Trinajstić information content (AvgIpc) is 1.98. The number of rotatable bonds is 5. The minimum atomic E-state index is -1.75. The minimum absolute atomic E-state index is 0.145. The highest BCUT2D eigenvalue weighted by Gasteiger charge is 2.38. The summed E-state index contributed by atoms with van der Waals surface area (Å²) in [5, 5.41) is 17.6. The first-order chi connectivity index (χ1) is 5.86. The molecule has 0 saturated heterocycles. The lowest BCUT2D eigenvalue weighted by atomic mass is 9.79. The SMILES string of the molecule is C=CC(OB(O)O)(C(C)C)C(C)C. The predicted octanol–water partition coefficient (Wildman–Crippen LogP) is 1.21. The molecule has 3 nitrogen and oxygen atoms in total. The summed E-state index contributed by atoms with van der Waals surface area (Å²) in [7, 11) is -1.75. The molecule has 0 bridgehead atoms. The van der Waals surface area contributed by atoms with Crippen molar-refractivity contribution in [3.05, 3.63) is 12.7 Å². The third-order valence-corrected chi connectivity index (χ3v) is 2.43. The van der Waals surface area contributed by atoms with Crippen molar-refractivity contribution in [1.29, 1.82) is 0 Å². The highest BCUT2D eigenvalue weighted by Crippen LogP contribution is 2.31. The summed E-state index contributed by atoms with van der Waals surface area (Å²) < 4.78 is 5.10. The standard InChI is InChI=1S/C9H19BO3/c1-6-9(7(2)3,8(4)5)13-10(11)12/h6-8,11-12H,1H2,2-5H3. The summed E-state index contributed by atoms with van der Waals surface area (Å²) in [6, 6.07) is 0. The summed E-state index contributed by atoms with van der Waals surface area (Å²) in [6.45, 7) is 11.5. The molecule has 0 aromatic rings. The van der Waals surface area contributed by atoms with Gasteiger partial charge in [-0.15, -0.1) is 6.58 Å². The van der Waals surface area contributed by atoms with E-state index in [1.54, 1.807) is 6.08 Å². The molecule has 0 fully saturated rings. The lowest BCUT2D eigenvalue weighted by Crippen LogP contribution is -2.46. The van der Waals surface area contributed by atoms with Gasteiger partial charge in [-0.1, -0.05) is 33.8 Å². The van der Waals surface area contributed by atoms with Gasteiger partial charge in [0.15, 0.2) is 0 Å². The van der Waals surface area contributed by atoms with Crippen molar-refractivity contribution in [2.24, 2.45) is 11.8 Å². The predicted molar refractivity (Wildman–Crippen MR) is 53.9 cm³/mol. The number of hydrogen-bond acceptors (Lipinski definition) is 3. The summed E-state index contributed by atoms with van der Waals surface area (Å²) in [5.74, 6) is 0.290. The molecule has 0 radical (unpaired) electrons. The third kappa shape index (κ3) is 2.83. The molecule has 0 rings (SSSR count). The Morgan fingerprint density at radius 1 is 1.23 bits per heavy atom. The molecule has 0 aromatic heterocycles. The fraction of sp³-hybridized carbons (Fsp3) is 0.778. The second-order valence-corrected chi connectivity index (χ2v) is 3.81. The van der Waals surface area contributed by atoms with E-state index < -0.39 is 12.9 Å². The molecule has 0 aliphatic rings. The lowest BCUT2D eigenvalue weighted by Gasteiger charge is -2.38. The van der Waals surface area contributed by atoms with Crippen LogP contribution in [-0.4, -0.2) is 23.0 Å². The smallest absolute Gasteiger partial charge is 0.402 e. The van der Waals surface area contributed by atoms with Crippen LogP contribution in [0.3, 0.4) is 0 Å². The molecule has 0 spiro atoms. The zero-order valence-corrected chi connectivity index (χ0v) is 8.82. The molecule has 0 amide bonds. The Bertz CT molecular complexity index is 158. The summed E-state index contributed by atoms with van der Waals surface area (Å²) in [4.78, 5) is 0. The van der Waals surface area contributed by atoms with Crippen molar-refractivity contribution in [2.75, 3.05) is 0 Å². The van der Waals surface area contributed by atoms with Crippen LogP contribution in [0.25, 0.3) is 0 Å². The molecule has 76 valence electrons. The minimum Gasteiger partial charge on any atom is -0.402 e. The lowest BCUT2D eigenvalue weighted by molar-refractivity contribution is -0.0140. The first-order valence-corrected chi connectivity index (χ1v) is 4.54. The average molecular weight is 186 g/mol. The van der Waals surface area contributed by atoms with E-state index in [1.165, 1.54) is 0 Å². The molecule has 0 atom stereocenters. The van der Waals surface area contributed by atoms with Crippen LogP contribution >= 0.6 is 0 Å². The molecular formula is C9H19BO3. The fourth-order valence-corrected chi connectivity index (χ4v) is 1.64. The Morgan fingerprint density at radius 3 is 1.69 bits per heavy atom. The Balaban J connectivity index is 4.76. The van der Waals surface area contributed by atoms with Crippen molar-refractivity contribution < 1.29 is 14.7 Å². The van der Waals surface area contributed by atoms with Gasteiger partial charge >= 0.3 is 7.32 Å². The first kappa shape index (κ1) is 12.7. The van der Waals surface area contributed by atoms with Crippen molar-refractivity contribution in [3.63, 3.8) is 0 Å². The molecule has 0 aliphatic heterocycles. The van der Waals surface area contributed by atoms with Gasteiger partial charge in [-0.3, -0.25) is 0 Å². The van der Waals surface area contributed by atoms with E-state index in [-0.39, 0.29) is 11.8 Å². The van der Waals surface area contributed by atoms with E-state index in [1.807, 2.05) is 27.7 Å². The van der Waals surface area contributed by atoms with Crippen molar-refractivity contribution >= 4 is 7.32 Å². The van der Waals surface area contributed by atoms with Crippen LogP contribution in [-0.2, 0) is 4.65 Å². The van der Waals surface area contributed by atoms with Crippen molar-refractivity contribution in [2.45, 2.75) is 33.3 Å². The molecule has 0 saturated carbocycles. The van der Waals surface area contributed by atoms with Gasteiger partial charge in [-0.25, -0.2) is 0 Å². The fourth-order valence-electron chi connectivity index (χ4n) is 1.64. The largest absolute Gasteiger partial charge is 0.634 e. The maximum atomic E-state index is 8.80. The second kappa shape index (κ2) is 4.79. The number of hydrogen-bond donors (Lipinski definition) is 2. The Kier molecular flexibility index (Phi) is 4.68. The first-order valence-electron chi connectivity index (χ1n) is 4.54. The van der Waals surface area contributed by atoms with E-state index in [0.29, 0.717) is 0 Å². The third-order valence-electron chi connectivity index (χ3n) is 2.43. The maximum absolute atomic E-state index is 8.80. The van der Waals surface area contributed by atoms with Crippen LogP contribution in [0.5, 0.6) is 0 Å². The molecule has 4 heteroatoms. The quantitative estimate of drug-likeness (QED) is 0.501. The molecule has 13 heavy (non-hydrogen) atoms. The molecular weight excluding hydrogens is 167 g/mol. The molecule has 0 aromatic carbocycles. The van der Waals surface area contributed by atoms with Gasteiger partial charge in [0.05, 0.1) is 5.60 Å². The van der Waals surface area contributed by atoms with E-state index in [4.69, 9.17) is 14.7 Å². The molecule has 0 unspecified atom stereocenters. The van der Waals surface area contributed by atoms with Gasteiger partial charge < -0.3 is 14.7 Å². The van der Waals surface area contributed by atoms with E-state index in [2.05, 4.69) is 6.58 Å². The summed E-state index contributed by atoms with van der Waals surface area (Å²) in [6.07, 6.45) is 1.64. The molecule has 0 heterocycles. The van der Waals surface area contributed by atoms with Crippen LogP contribution in [0.1, 0.15) is 27.7 Å². The Hall–Kier alpha value is -0.315. The summed E-state index contributed by atoms with van der Waals surface area (Å²) in [5.41, 5.74) is -0.672. The van der Waals surface area contributed by atoms with Crippen molar-refractivity contribution in [3.8, 4) is 0 Å². The normalized spacial score (nSPS) is 12.3. The van der Waals surface area contributed by atoms with Crippen LogP contribution < -0.4 is 0 Å². The van der Waals surface area contributed by atoms with Gasteiger partial charge in [-0.2, -0.15) is 0 Å². The Morgan fingerprint density at radius 2 is 1.62 bits per heavy atom. The highest BCUT2D eigenvalue weighted by atomic mass is 16.6. The van der Waals surface area contributed by atoms with E-state index in [0.717, 1.165) is 0 Å². The van der Waals surface area contributed by atoms with Gasteiger partial charge in [0.2, 0.25) is 0 Å². The van der Waals surface area contributed by atoms with Gasteiger partial charge in [0.25, 0.3) is 0 Å². The van der Waals surface area contributed by atoms with E-state index in [9.17, 15) is 0 Å². The zero-order chi connectivity index (χ0) is 10.6. The molecule has 2 N–H and O–H groups in total. The zero-order valence-electron chi connectivity index (χ0n) is 8.82. The van der Waals surface area contributed by atoms with E-state index >= 15 is 0 Å². The van der Waals surface area contributed by atoms with Crippen LogP contribution in [0.4, 0.5) is 0 Å². The van der Waals surface area contributed by atoms with Crippen molar-refractivity contribution in [1.82, 2.24) is 0 Å². The van der Waals surface area contributed by atoms with Gasteiger partial charge in [-0.05, 0) is 11.8 Å². The van der Waals surface area contributed by atoms with Gasteiger partial charge in [0, 0.05) is 0 Å². The van der Waals surface area contributed by atoms with Crippen LogP contribution in [0.2, 0.25) is 0 Å². The topological polar surface area (TPSA) is 49.7 Å². The highest BCUT2D eigenvalue weighted by molar-refractivity contribution is 6.32. The van der Waals surface area contributed by atoms with Crippen LogP contribution in [0, 0.1) is 11.8 Å². The monoisotopic (exact) mass is 186 g/mol. The molecule has 0 aliphatic carbocycles. The summed E-state index contributed by atoms with van der Waals surface area (Å²) >= 11 is 0. The van der Waals surface area contributed by atoms with Crippen LogP contribution in [0.15, 0.2) is 12.7 Å². The second-order valence-electron chi connectivity index (χ2n) is 3.81.